The van der Waals surface area contributed by atoms with Gasteiger partial charge < -0.3 is 18.8 Å². The van der Waals surface area contributed by atoms with E-state index in [1.165, 1.54) is 37.0 Å². The highest BCUT2D eigenvalue weighted by Crippen LogP contribution is 2.37. The fourth-order valence-electron chi connectivity index (χ4n) is 4.79. The van der Waals surface area contributed by atoms with Crippen molar-refractivity contribution in [2.45, 2.75) is 130 Å². The van der Waals surface area contributed by atoms with E-state index in [1.807, 2.05) is 27.7 Å². The lowest BCUT2D eigenvalue weighted by atomic mass is 9.79. The fourth-order valence-corrected chi connectivity index (χ4v) is 6.60. The normalized spacial score (nSPS) is 15.5. The number of hydrogen-bond acceptors (Lipinski definition) is 10. The fraction of sp³-hybridized carbons (Fsp3) is 0.611. The molecule has 5 heterocycles. The van der Waals surface area contributed by atoms with Gasteiger partial charge in [-0.1, -0.05) is 39.3 Å². The second-order valence-corrected chi connectivity index (χ2v) is 29.2. The lowest BCUT2D eigenvalue weighted by Gasteiger charge is -2.32. The highest BCUT2D eigenvalue weighted by molar-refractivity contribution is 9.10. The van der Waals surface area contributed by atoms with E-state index >= 15 is 0 Å². The molecule has 22 heteroatoms. The Morgan fingerprint density at radius 3 is 1.59 bits per heavy atom. The predicted octanol–water partition coefficient (Wildman–Crippen LogP) is 9.04. The van der Waals surface area contributed by atoms with E-state index in [1.54, 1.807) is 17.1 Å². The molecule has 4 aromatic heterocycles. The molecule has 1 fully saturated rings. The number of rotatable bonds is 12. The van der Waals surface area contributed by atoms with E-state index in [4.69, 9.17) is 18.8 Å². The van der Waals surface area contributed by atoms with Gasteiger partial charge in [-0.05, 0) is 99.3 Å². The molecule has 1 aliphatic rings. The first-order valence-electron chi connectivity index (χ1n) is 18.5. The molecular weight excluding hydrogens is 869 g/mol. The van der Waals surface area contributed by atoms with Gasteiger partial charge in [0.25, 0.3) is 0 Å². The van der Waals surface area contributed by atoms with Crippen LogP contribution in [-0.2, 0) is 44.6 Å². The summed E-state index contributed by atoms with van der Waals surface area (Å²) < 4.78 is 103. The molecule has 0 unspecified atom stereocenters. The zero-order chi connectivity index (χ0) is 43.9. The van der Waals surface area contributed by atoms with Gasteiger partial charge in [0.15, 0.2) is 5.82 Å². The SMILES string of the molecule is C[Si](C)(C)CCOCn1cnc(Br)n1.Cc1cc(-c2ncn(COCC[Si](C)(C)C)n2)cc(C(F)(F)F)n1.Cc1cc(B2OC(C)(C)C(C)(C)O2)cc(C(F)(F)F)n1. The summed E-state index contributed by atoms with van der Waals surface area (Å²) in [7, 11) is -2.94. The Kier molecular flexibility index (Phi) is 16.7. The molecule has 0 aliphatic carbocycles. The molecule has 1 saturated heterocycles. The topological polar surface area (TPSA) is 124 Å². The maximum Gasteiger partial charge on any atom is 0.494 e. The minimum atomic E-state index is -4.50. The first-order valence-corrected chi connectivity index (χ1v) is 26.7. The van der Waals surface area contributed by atoms with Crippen molar-refractivity contribution in [2.75, 3.05) is 13.2 Å². The summed E-state index contributed by atoms with van der Waals surface area (Å²) in [5.41, 5.74) is -1.88. The van der Waals surface area contributed by atoms with Crippen LogP contribution in [-0.4, -0.2) is 87.2 Å². The van der Waals surface area contributed by atoms with Gasteiger partial charge >= 0.3 is 19.5 Å². The maximum absolute atomic E-state index is 12.8. The van der Waals surface area contributed by atoms with Crippen LogP contribution in [0.4, 0.5) is 26.3 Å². The molecular formula is C36H54BBrF6N8O4Si2. The smallest absolute Gasteiger partial charge is 0.399 e. The number of aryl methyl sites for hydroxylation is 2. The molecule has 1 aliphatic heterocycles. The van der Waals surface area contributed by atoms with Gasteiger partial charge in [-0.2, -0.15) is 26.3 Å². The Balaban J connectivity index is 0.000000241. The second-order valence-electron chi connectivity index (χ2n) is 17.3. The third kappa shape index (κ3) is 16.2. The predicted molar refractivity (Wildman–Crippen MR) is 219 cm³/mol. The van der Waals surface area contributed by atoms with Crippen molar-refractivity contribution in [3.8, 4) is 11.4 Å². The van der Waals surface area contributed by atoms with Gasteiger partial charge in [0.1, 0.15) is 37.5 Å². The monoisotopic (exact) mass is 922 g/mol. The molecule has 0 atom stereocenters. The van der Waals surface area contributed by atoms with Crippen LogP contribution in [0.2, 0.25) is 51.4 Å². The molecule has 12 nitrogen and oxygen atoms in total. The van der Waals surface area contributed by atoms with Crippen molar-refractivity contribution >= 4 is 44.7 Å². The van der Waals surface area contributed by atoms with Crippen LogP contribution < -0.4 is 5.46 Å². The average Bonchev–Trinajstić information content (AvgIpc) is 3.77. The third-order valence-electron chi connectivity index (χ3n) is 8.78. The van der Waals surface area contributed by atoms with Crippen molar-refractivity contribution < 1.29 is 45.1 Å². The molecule has 0 radical (unpaired) electrons. The van der Waals surface area contributed by atoms with E-state index in [0.29, 0.717) is 23.5 Å². The summed E-state index contributed by atoms with van der Waals surface area (Å²) in [5, 5.41) is 8.23. The van der Waals surface area contributed by atoms with E-state index in [9.17, 15) is 26.3 Å². The number of hydrogen-bond donors (Lipinski definition) is 0. The van der Waals surface area contributed by atoms with Crippen molar-refractivity contribution in [2.24, 2.45) is 0 Å². The zero-order valence-electron chi connectivity index (χ0n) is 35.1. The standard InChI is InChI=1S/C15H21F3N4OSi.C13H17BF3NO2.C8H16BrN3OSi/c1-11-7-12(8-13(20-11)15(16,17)18)14-19-9-22(21-14)10-23-5-6-24(2,3)4;1-8-6-9(7-10(18-8)13(15,16)17)14-19-11(2,3)12(4,5)20-14;1-14(2,3)5-4-13-7-12-6-10-8(9)11-12/h7-9H,5-6,10H2,1-4H3;6-7H,1-5H3;6H,4-5,7H2,1-3H3. The lowest BCUT2D eigenvalue weighted by molar-refractivity contribution is -0.142. The van der Waals surface area contributed by atoms with Crippen LogP contribution in [0, 0.1) is 13.8 Å². The number of pyridine rings is 2. The lowest BCUT2D eigenvalue weighted by Crippen LogP contribution is -2.41. The Hall–Kier alpha value is -3.02. The van der Waals surface area contributed by atoms with Gasteiger partial charge in [0.2, 0.25) is 4.73 Å². The summed E-state index contributed by atoms with van der Waals surface area (Å²) in [5.74, 6) is 0.222. The Morgan fingerprint density at radius 2 is 1.14 bits per heavy atom. The van der Waals surface area contributed by atoms with Gasteiger partial charge in [0.05, 0.1) is 11.2 Å². The van der Waals surface area contributed by atoms with Crippen LogP contribution >= 0.6 is 15.9 Å². The van der Waals surface area contributed by atoms with Crippen LogP contribution in [0.5, 0.6) is 0 Å². The number of alkyl halides is 6. The first-order chi connectivity index (χ1) is 26.4. The second kappa shape index (κ2) is 19.6. The third-order valence-corrected chi connectivity index (χ3v) is 12.6. The van der Waals surface area contributed by atoms with Crippen LogP contribution in [0.15, 0.2) is 41.7 Å². The molecule has 0 aromatic carbocycles. The largest absolute Gasteiger partial charge is 0.494 e. The Labute approximate surface area is 347 Å². The first kappa shape index (κ1) is 49.3. The molecule has 58 heavy (non-hydrogen) atoms. The number of nitrogens with zero attached hydrogens (tertiary/aromatic N) is 8. The summed E-state index contributed by atoms with van der Waals surface area (Å²) in [6.45, 7) is 26.4. The Bertz CT molecular complexity index is 1920. The zero-order valence-corrected chi connectivity index (χ0v) is 38.7. The number of halogens is 7. The van der Waals surface area contributed by atoms with Gasteiger partial charge in [-0.3, -0.25) is 0 Å². The van der Waals surface area contributed by atoms with Crippen molar-refractivity contribution in [3.05, 3.63) is 64.4 Å². The summed E-state index contributed by atoms with van der Waals surface area (Å²) in [4.78, 5) is 15.0. The average molecular weight is 924 g/mol. The molecule has 0 N–H and O–H groups in total. The van der Waals surface area contributed by atoms with E-state index in [2.05, 4.69) is 85.3 Å². The van der Waals surface area contributed by atoms with E-state index in [0.717, 1.165) is 24.8 Å². The van der Waals surface area contributed by atoms with Crippen LogP contribution in [0.25, 0.3) is 11.4 Å². The molecule has 0 bridgehead atoms. The van der Waals surface area contributed by atoms with Crippen LogP contribution in [0.3, 0.4) is 0 Å². The molecule has 4 aromatic rings. The highest BCUT2D eigenvalue weighted by atomic mass is 79.9. The molecule has 0 saturated carbocycles. The highest BCUT2D eigenvalue weighted by Gasteiger charge is 2.52. The van der Waals surface area contributed by atoms with Gasteiger partial charge in [-0.15, -0.1) is 10.2 Å². The van der Waals surface area contributed by atoms with Crippen molar-refractivity contribution in [1.29, 1.82) is 0 Å². The minimum Gasteiger partial charge on any atom is -0.399 e. The summed E-state index contributed by atoms with van der Waals surface area (Å²) >= 11 is 3.18. The van der Waals surface area contributed by atoms with E-state index in [-0.39, 0.29) is 29.5 Å². The minimum absolute atomic E-state index is 0.222. The molecule has 322 valence electrons. The summed E-state index contributed by atoms with van der Waals surface area (Å²) in [6.07, 6.45) is -5.88. The van der Waals surface area contributed by atoms with Gasteiger partial charge in [0, 0.05) is 46.3 Å². The van der Waals surface area contributed by atoms with E-state index < -0.39 is 58.2 Å². The van der Waals surface area contributed by atoms with Crippen molar-refractivity contribution in [3.63, 3.8) is 0 Å². The summed E-state index contributed by atoms with van der Waals surface area (Å²) in [6, 6.07) is 7.24. The number of aromatic nitrogens is 8. The molecule has 0 spiro atoms. The van der Waals surface area contributed by atoms with Crippen molar-refractivity contribution in [1.82, 2.24) is 39.5 Å². The quantitative estimate of drug-likeness (QED) is 0.0773. The molecule has 5 rings (SSSR count). The Morgan fingerprint density at radius 1 is 0.690 bits per heavy atom. The van der Waals surface area contributed by atoms with Crippen LogP contribution in [0.1, 0.15) is 50.5 Å². The number of ether oxygens (including phenoxy) is 2. The molecule has 0 amide bonds. The van der Waals surface area contributed by atoms with Gasteiger partial charge in [-0.25, -0.2) is 29.3 Å². The maximum atomic E-state index is 12.8.